The van der Waals surface area contributed by atoms with Gasteiger partial charge in [0.1, 0.15) is 0 Å². The van der Waals surface area contributed by atoms with Crippen LogP contribution in [0.3, 0.4) is 0 Å². The van der Waals surface area contributed by atoms with Gasteiger partial charge in [-0.25, -0.2) is 0 Å². The van der Waals surface area contributed by atoms with Gasteiger partial charge in [0.15, 0.2) is 0 Å². The molecule has 0 bridgehead atoms. The lowest BCUT2D eigenvalue weighted by molar-refractivity contribution is 0.290. The third kappa shape index (κ3) is 4.48. The topological polar surface area (TPSA) is 0 Å². The van der Waals surface area contributed by atoms with Crippen LogP contribution in [0.1, 0.15) is 71.1 Å². The smallest absolute Gasteiger partial charge is 0.0388 e. The van der Waals surface area contributed by atoms with Crippen LogP contribution in [0.15, 0.2) is 0 Å². The van der Waals surface area contributed by atoms with Crippen LogP contribution >= 0.6 is 0 Å². The Morgan fingerprint density at radius 3 is 1.79 bits per heavy atom. The highest BCUT2D eigenvalue weighted by Gasteiger charge is 2.15. The largest absolute Gasteiger partial charge is 0.0622 e. The van der Waals surface area contributed by atoms with Crippen LogP contribution in [-0.2, 0) is 0 Å². The van der Waals surface area contributed by atoms with Gasteiger partial charge in [-0.3, -0.25) is 0 Å². The molecule has 1 aliphatic carbocycles. The number of rotatable bonds is 2. The molecule has 0 aromatic rings. The van der Waals surface area contributed by atoms with Crippen molar-refractivity contribution in [3.05, 3.63) is 6.92 Å². The summed E-state index contributed by atoms with van der Waals surface area (Å²) in [5.74, 6) is 1.83. The van der Waals surface area contributed by atoms with Crippen molar-refractivity contribution in [3.63, 3.8) is 0 Å². The third-order valence-electron chi connectivity index (χ3n) is 3.91. The van der Waals surface area contributed by atoms with E-state index in [4.69, 9.17) is 0 Å². The zero-order valence-corrected chi connectivity index (χ0v) is 9.93. The minimum atomic E-state index is 0.856. The van der Waals surface area contributed by atoms with Crippen molar-refractivity contribution >= 4 is 0 Å². The van der Waals surface area contributed by atoms with Crippen LogP contribution in [0, 0.1) is 18.8 Å². The molecule has 1 fully saturated rings. The van der Waals surface area contributed by atoms with E-state index in [1.165, 1.54) is 57.8 Å². The lowest BCUT2D eigenvalue weighted by atomic mass is 9.82. The molecule has 0 aromatic heterocycles. The van der Waals surface area contributed by atoms with Crippen LogP contribution < -0.4 is 0 Å². The SMILES string of the molecule is [CH2]CC(C)C1CCCCCCCCC1. The molecule has 83 valence electrons. The zero-order valence-electron chi connectivity index (χ0n) is 9.93. The van der Waals surface area contributed by atoms with E-state index in [9.17, 15) is 0 Å². The first kappa shape index (κ1) is 12.1. The molecule has 0 N–H and O–H groups in total. The summed E-state index contributed by atoms with van der Waals surface area (Å²) < 4.78 is 0. The quantitative estimate of drug-likeness (QED) is 0.582. The van der Waals surface area contributed by atoms with Crippen LogP contribution in [0.2, 0.25) is 0 Å². The van der Waals surface area contributed by atoms with Gasteiger partial charge in [0.25, 0.3) is 0 Å². The zero-order chi connectivity index (χ0) is 10.2. The van der Waals surface area contributed by atoms with Gasteiger partial charge in [-0.2, -0.15) is 0 Å². The van der Waals surface area contributed by atoms with E-state index in [0.29, 0.717) is 0 Å². The first-order valence-corrected chi connectivity index (χ1v) is 6.64. The molecule has 1 aliphatic rings. The van der Waals surface area contributed by atoms with Gasteiger partial charge in [0.05, 0.1) is 0 Å². The molecule has 0 nitrogen and oxygen atoms in total. The van der Waals surface area contributed by atoms with Gasteiger partial charge in [-0.15, -0.1) is 0 Å². The summed E-state index contributed by atoms with van der Waals surface area (Å²) in [7, 11) is 0. The van der Waals surface area contributed by atoms with Crippen molar-refractivity contribution in [2.45, 2.75) is 71.1 Å². The van der Waals surface area contributed by atoms with Gasteiger partial charge >= 0.3 is 0 Å². The summed E-state index contributed by atoms with van der Waals surface area (Å²) in [6.45, 7) is 6.45. The van der Waals surface area contributed by atoms with Gasteiger partial charge in [0, 0.05) is 0 Å². The Morgan fingerprint density at radius 1 is 0.929 bits per heavy atom. The second kappa shape index (κ2) is 7.31. The molecule has 14 heavy (non-hydrogen) atoms. The van der Waals surface area contributed by atoms with E-state index in [2.05, 4.69) is 13.8 Å². The minimum absolute atomic E-state index is 0.856. The molecular formula is C14H27. The minimum Gasteiger partial charge on any atom is -0.0622 e. The molecule has 0 saturated heterocycles. The van der Waals surface area contributed by atoms with Gasteiger partial charge in [0.2, 0.25) is 0 Å². The Hall–Kier alpha value is 0. The van der Waals surface area contributed by atoms with E-state index in [0.717, 1.165) is 18.3 Å². The summed E-state index contributed by atoms with van der Waals surface area (Å²) in [6.07, 6.45) is 14.4. The van der Waals surface area contributed by atoms with Crippen molar-refractivity contribution in [3.8, 4) is 0 Å². The fourth-order valence-electron chi connectivity index (χ4n) is 2.65. The lowest BCUT2D eigenvalue weighted by Gasteiger charge is -2.23. The average Bonchev–Trinajstić information content (AvgIpc) is 2.24. The van der Waals surface area contributed by atoms with Gasteiger partial charge < -0.3 is 0 Å². The molecule has 1 saturated carbocycles. The van der Waals surface area contributed by atoms with E-state index >= 15 is 0 Å². The molecule has 0 spiro atoms. The van der Waals surface area contributed by atoms with E-state index in [-0.39, 0.29) is 0 Å². The first-order chi connectivity index (χ1) is 6.84. The molecule has 1 rings (SSSR count). The van der Waals surface area contributed by atoms with Crippen LogP contribution in [0.5, 0.6) is 0 Å². The summed E-state index contributed by atoms with van der Waals surface area (Å²) in [4.78, 5) is 0. The highest BCUT2D eigenvalue weighted by Crippen LogP contribution is 2.28. The fraction of sp³-hybridized carbons (Fsp3) is 0.929. The molecular weight excluding hydrogens is 168 g/mol. The highest BCUT2D eigenvalue weighted by molar-refractivity contribution is 4.69. The molecule has 1 atom stereocenters. The maximum atomic E-state index is 4.06. The summed E-state index contributed by atoms with van der Waals surface area (Å²) in [6, 6.07) is 0. The predicted molar refractivity (Wildman–Crippen MR) is 64.2 cm³/mol. The third-order valence-corrected chi connectivity index (χ3v) is 3.91. The van der Waals surface area contributed by atoms with Crippen molar-refractivity contribution in [1.29, 1.82) is 0 Å². The Balaban J connectivity index is 2.30. The summed E-state index contributed by atoms with van der Waals surface area (Å²) in [5.41, 5.74) is 0. The molecule has 0 aromatic carbocycles. The van der Waals surface area contributed by atoms with E-state index < -0.39 is 0 Å². The number of hydrogen-bond donors (Lipinski definition) is 0. The van der Waals surface area contributed by atoms with Crippen LogP contribution in [-0.4, -0.2) is 0 Å². The highest BCUT2D eigenvalue weighted by atomic mass is 14.2. The fourth-order valence-corrected chi connectivity index (χ4v) is 2.65. The lowest BCUT2D eigenvalue weighted by Crippen LogP contribution is -2.11. The molecule has 0 heteroatoms. The Labute approximate surface area is 90.5 Å². The standard InChI is InChI=1S/C14H27/c1-3-13(2)14-11-9-7-5-4-6-8-10-12-14/h13-14H,1,3-12H2,2H3. The predicted octanol–water partition coefficient (Wildman–Crippen LogP) is 4.99. The van der Waals surface area contributed by atoms with Gasteiger partial charge in [-0.1, -0.05) is 78.1 Å². The van der Waals surface area contributed by atoms with Gasteiger partial charge in [-0.05, 0) is 11.8 Å². The molecule has 1 unspecified atom stereocenters. The monoisotopic (exact) mass is 195 g/mol. The Kier molecular flexibility index (Phi) is 6.31. The van der Waals surface area contributed by atoms with Crippen LogP contribution in [0.25, 0.3) is 0 Å². The Morgan fingerprint density at radius 2 is 1.36 bits per heavy atom. The normalized spacial score (nSPS) is 24.4. The van der Waals surface area contributed by atoms with Crippen molar-refractivity contribution < 1.29 is 0 Å². The first-order valence-electron chi connectivity index (χ1n) is 6.64. The van der Waals surface area contributed by atoms with Crippen molar-refractivity contribution in [2.75, 3.05) is 0 Å². The van der Waals surface area contributed by atoms with Crippen molar-refractivity contribution in [2.24, 2.45) is 11.8 Å². The summed E-state index contributed by atoms with van der Waals surface area (Å²) >= 11 is 0. The average molecular weight is 195 g/mol. The molecule has 0 aliphatic heterocycles. The second-order valence-corrected chi connectivity index (χ2v) is 5.08. The molecule has 0 heterocycles. The number of hydrogen-bond acceptors (Lipinski definition) is 0. The van der Waals surface area contributed by atoms with Crippen LogP contribution in [0.4, 0.5) is 0 Å². The van der Waals surface area contributed by atoms with E-state index in [1.54, 1.807) is 0 Å². The van der Waals surface area contributed by atoms with E-state index in [1.807, 2.05) is 0 Å². The second-order valence-electron chi connectivity index (χ2n) is 5.08. The van der Waals surface area contributed by atoms with Crippen molar-refractivity contribution in [1.82, 2.24) is 0 Å². The maximum absolute atomic E-state index is 4.06. The maximum Gasteiger partial charge on any atom is -0.0388 e. The Bertz CT molecular complexity index is 118. The summed E-state index contributed by atoms with van der Waals surface area (Å²) in [5, 5.41) is 0. The molecule has 0 amide bonds. The molecule has 1 radical (unpaired) electrons.